The topological polar surface area (TPSA) is 122 Å². The molecule has 7 rings (SSSR count). The number of likely N-dealkylation sites (N-methyl/N-ethyl adjacent to an activating group) is 1. The number of carbonyl (C=O) groups is 2. The summed E-state index contributed by atoms with van der Waals surface area (Å²) in [4.78, 5) is 28.3. The van der Waals surface area contributed by atoms with Crippen molar-refractivity contribution in [3.8, 4) is 11.1 Å². The van der Waals surface area contributed by atoms with Gasteiger partial charge in [0, 0.05) is 71.9 Å². The van der Waals surface area contributed by atoms with Crippen LogP contribution < -0.4 is 15.5 Å². The number of rotatable bonds is 19. The molecular weight excluding hydrogens is 860 g/mol. The van der Waals surface area contributed by atoms with Crippen molar-refractivity contribution in [1.82, 2.24) is 10.6 Å². The van der Waals surface area contributed by atoms with E-state index in [4.69, 9.17) is 0 Å². The van der Waals surface area contributed by atoms with Crippen LogP contribution in [0.4, 0.5) is 15.8 Å². The maximum Gasteiger partial charge on any atom is 0.227 e. The van der Waals surface area contributed by atoms with Gasteiger partial charge in [-0.3, -0.25) is 9.59 Å². The van der Waals surface area contributed by atoms with E-state index in [2.05, 4.69) is 121 Å². The average molecular weight is 923 g/mol. The van der Waals surface area contributed by atoms with E-state index in [1.54, 1.807) is 19.1 Å². The van der Waals surface area contributed by atoms with Gasteiger partial charge >= 0.3 is 0 Å². The lowest BCUT2D eigenvalue weighted by Gasteiger charge is -2.25. The van der Waals surface area contributed by atoms with Gasteiger partial charge in [-0.1, -0.05) is 111 Å². The van der Waals surface area contributed by atoms with Crippen molar-refractivity contribution in [2.75, 3.05) is 36.8 Å². The molecule has 0 saturated heterocycles. The van der Waals surface area contributed by atoms with E-state index in [0.717, 1.165) is 40.5 Å². The van der Waals surface area contributed by atoms with Crippen LogP contribution in [0.3, 0.4) is 0 Å². The molecule has 67 heavy (non-hydrogen) atoms. The average Bonchev–Trinajstić information content (AvgIpc) is 3.65. The Bertz CT molecular complexity index is 2880. The number of nitrogens with one attached hydrogen (secondary N) is 2. The Morgan fingerprint density at radius 2 is 1.55 bits per heavy atom. The predicted molar refractivity (Wildman–Crippen MR) is 269 cm³/mol. The SMILES string of the molecule is CCN1/C(=C/C=C/C=C/C2=[N+](CCCCS(=O)(=O)[O-])c3ccc4ccccc4c3C2(C)C)C(C)(C)c2cc(CC(=O)NCCCCNC(=O)[C@@H](C)c3ccc(-c4ccccc4)c(F)c3)ccc21. The third-order valence-electron chi connectivity index (χ3n) is 13.3. The first-order valence-electron chi connectivity index (χ1n) is 23.5. The largest absolute Gasteiger partial charge is 0.748 e. The zero-order valence-electron chi connectivity index (χ0n) is 39.6. The lowest BCUT2D eigenvalue weighted by Crippen LogP contribution is -2.30. The maximum absolute atomic E-state index is 14.9. The van der Waals surface area contributed by atoms with Gasteiger partial charge in [0.15, 0.2) is 5.71 Å². The van der Waals surface area contributed by atoms with Gasteiger partial charge in [-0.15, -0.1) is 0 Å². The second-order valence-corrected chi connectivity index (χ2v) is 20.2. The molecule has 2 N–H and O–H groups in total. The summed E-state index contributed by atoms with van der Waals surface area (Å²) in [5.41, 5.74) is 9.13. The molecule has 0 aliphatic carbocycles. The van der Waals surface area contributed by atoms with Crippen molar-refractivity contribution in [3.63, 3.8) is 0 Å². The Labute approximate surface area is 396 Å². The highest BCUT2D eigenvalue weighted by Crippen LogP contribution is 2.48. The van der Waals surface area contributed by atoms with Crippen molar-refractivity contribution >= 4 is 49.8 Å². The van der Waals surface area contributed by atoms with Crippen LogP contribution in [0.25, 0.3) is 21.9 Å². The van der Waals surface area contributed by atoms with Crippen LogP contribution >= 0.6 is 0 Å². The quantitative estimate of drug-likeness (QED) is 0.0368. The van der Waals surface area contributed by atoms with Crippen molar-refractivity contribution in [1.29, 1.82) is 0 Å². The number of benzene rings is 5. The summed E-state index contributed by atoms with van der Waals surface area (Å²) >= 11 is 0. The molecule has 0 spiro atoms. The summed E-state index contributed by atoms with van der Waals surface area (Å²) in [6.45, 7) is 15.1. The summed E-state index contributed by atoms with van der Waals surface area (Å²) in [7, 11) is -4.27. The first-order chi connectivity index (χ1) is 32.0. The number of fused-ring (bicyclic) bond motifs is 4. The zero-order chi connectivity index (χ0) is 47.9. The molecule has 5 aromatic carbocycles. The normalized spacial score (nSPS) is 16.3. The number of halogens is 1. The Morgan fingerprint density at radius 1 is 0.821 bits per heavy atom. The first-order valence-corrected chi connectivity index (χ1v) is 25.1. The second-order valence-electron chi connectivity index (χ2n) is 18.7. The lowest BCUT2D eigenvalue weighted by molar-refractivity contribution is -0.438. The van der Waals surface area contributed by atoms with Gasteiger partial charge in [-0.2, -0.15) is 4.58 Å². The molecule has 0 bridgehead atoms. The van der Waals surface area contributed by atoms with E-state index in [1.807, 2.05) is 48.5 Å². The van der Waals surface area contributed by atoms with Crippen molar-refractivity contribution in [2.24, 2.45) is 0 Å². The lowest BCUT2D eigenvalue weighted by atomic mass is 9.79. The molecule has 2 amide bonds. The minimum absolute atomic E-state index is 0.0548. The molecule has 2 aliphatic rings. The van der Waals surface area contributed by atoms with Crippen LogP contribution in [0, 0.1) is 5.82 Å². The number of anilines is 1. The highest BCUT2D eigenvalue weighted by molar-refractivity contribution is 7.85. The van der Waals surface area contributed by atoms with E-state index in [1.165, 1.54) is 28.0 Å². The molecule has 0 unspecified atom stereocenters. The van der Waals surface area contributed by atoms with Gasteiger partial charge in [-0.25, -0.2) is 12.8 Å². The molecule has 5 aromatic rings. The number of carbonyl (C=O) groups excluding carboxylic acids is 2. The molecule has 0 aromatic heterocycles. The third-order valence-corrected chi connectivity index (χ3v) is 14.1. The molecule has 0 saturated carbocycles. The minimum atomic E-state index is -4.27. The van der Waals surface area contributed by atoms with Crippen LogP contribution in [0.1, 0.15) is 95.4 Å². The van der Waals surface area contributed by atoms with E-state index >= 15 is 0 Å². The van der Waals surface area contributed by atoms with Crippen LogP contribution in [0.2, 0.25) is 0 Å². The first kappa shape index (κ1) is 48.8. The molecular formula is C56H63FN4O5S. The zero-order valence-corrected chi connectivity index (χ0v) is 40.4. The van der Waals surface area contributed by atoms with E-state index in [-0.39, 0.29) is 40.6 Å². The van der Waals surface area contributed by atoms with Gasteiger partial charge < -0.3 is 20.1 Å². The summed E-state index contributed by atoms with van der Waals surface area (Å²) in [6.07, 6.45) is 13.0. The van der Waals surface area contributed by atoms with Gasteiger partial charge in [-0.05, 0) is 104 Å². The fourth-order valence-corrected chi connectivity index (χ4v) is 10.3. The molecule has 2 heterocycles. The Morgan fingerprint density at radius 3 is 2.28 bits per heavy atom. The standard InChI is InChI=1S/C56H63FN4O5S/c1-7-60-48-30-26-40(37-52(62)58-32-16-17-33-59-54(63)39(2)43-27-29-44(47(57)38-43)41-20-10-8-11-21-41)36-46(48)55(3,4)50(60)24-12-9-13-25-51-56(5,6)53-45-23-15-14-22-42(45)28-31-49(53)61(51)34-18-19-35-67(64,65)66/h8-15,20-31,36,38-39H,7,16-19,32-35,37H2,1-6H3,(H2-,58,59,62,63,64,65,66)/t39-/m0/s1. The van der Waals surface area contributed by atoms with Crippen LogP contribution in [-0.2, 0) is 37.0 Å². The highest BCUT2D eigenvalue weighted by Gasteiger charge is 2.45. The maximum atomic E-state index is 14.9. The summed E-state index contributed by atoms with van der Waals surface area (Å²) in [6, 6.07) is 33.3. The van der Waals surface area contributed by atoms with E-state index < -0.39 is 16.0 Å². The van der Waals surface area contributed by atoms with Crippen molar-refractivity contribution in [3.05, 3.63) is 167 Å². The number of nitrogens with zero attached hydrogens (tertiary/aromatic N) is 2. The predicted octanol–water partition coefficient (Wildman–Crippen LogP) is 10.5. The molecule has 350 valence electrons. The Kier molecular flexibility index (Phi) is 15.1. The smallest absolute Gasteiger partial charge is 0.227 e. The van der Waals surface area contributed by atoms with E-state index in [0.29, 0.717) is 56.4 Å². The molecule has 11 heteroatoms. The highest BCUT2D eigenvalue weighted by atomic mass is 32.2. The monoisotopic (exact) mass is 922 g/mol. The Balaban J connectivity index is 0.932. The minimum Gasteiger partial charge on any atom is -0.748 e. The second kappa shape index (κ2) is 20.8. The van der Waals surface area contributed by atoms with Crippen LogP contribution in [0.15, 0.2) is 139 Å². The molecule has 0 fully saturated rings. The van der Waals surface area contributed by atoms with Gasteiger partial charge in [0.2, 0.25) is 17.5 Å². The van der Waals surface area contributed by atoms with E-state index in [9.17, 15) is 27.0 Å². The van der Waals surface area contributed by atoms with Gasteiger partial charge in [0.1, 0.15) is 12.4 Å². The number of hydrogen-bond acceptors (Lipinski definition) is 6. The number of hydrogen-bond donors (Lipinski definition) is 2. The molecule has 9 nitrogen and oxygen atoms in total. The fraction of sp³-hybridized carbons (Fsp3) is 0.339. The van der Waals surface area contributed by atoms with Crippen molar-refractivity contribution < 1.29 is 31.5 Å². The van der Waals surface area contributed by atoms with Gasteiger partial charge in [0.05, 0.1) is 27.9 Å². The number of unbranched alkanes of at least 4 members (excludes halogenated alkanes) is 2. The van der Waals surface area contributed by atoms with Crippen LogP contribution in [-0.4, -0.2) is 67.0 Å². The molecule has 2 aliphatic heterocycles. The summed E-state index contributed by atoms with van der Waals surface area (Å²) in [5.74, 6) is -1.44. The number of amides is 2. The summed E-state index contributed by atoms with van der Waals surface area (Å²) in [5, 5.41) is 8.36. The fourth-order valence-electron chi connectivity index (χ4n) is 9.75. The third kappa shape index (κ3) is 11.0. The molecule has 0 radical (unpaired) electrons. The Hall–Kier alpha value is -6.17. The van der Waals surface area contributed by atoms with Gasteiger partial charge in [0.25, 0.3) is 0 Å². The number of allylic oxidation sites excluding steroid dienone is 6. The summed E-state index contributed by atoms with van der Waals surface area (Å²) < 4.78 is 51.2. The molecule has 1 atom stereocenters. The van der Waals surface area contributed by atoms with Crippen molar-refractivity contribution in [2.45, 2.75) is 90.4 Å². The van der Waals surface area contributed by atoms with Crippen LogP contribution in [0.5, 0.6) is 0 Å².